The Kier molecular flexibility index (Phi) is 4.62. The van der Waals surface area contributed by atoms with Gasteiger partial charge in [-0.05, 0) is 50.5 Å². The molecule has 3 rings (SSSR count). The Morgan fingerprint density at radius 3 is 2.04 bits per heavy atom. The molecule has 1 aromatic heterocycles. The summed E-state index contributed by atoms with van der Waals surface area (Å²) in [7, 11) is 0. The van der Waals surface area contributed by atoms with E-state index in [1.165, 1.54) is 22.3 Å². The van der Waals surface area contributed by atoms with E-state index >= 15 is 0 Å². The standard InChI is InChI=1S/C19H26N4/c1-14-12-15(2)18(16(3)13-14)17(4)22-8-10-23(11-9-22)19-20-6-5-7-21-19/h5-7,12-13,17H,8-11H2,1-4H3/t17-/m0/s1. The molecule has 0 N–H and O–H groups in total. The highest BCUT2D eigenvalue weighted by atomic mass is 15.3. The number of hydrogen-bond donors (Lipinski definition) is 0. The van der Waals surface area contributed by atoms with Crippen molar-refractivity contribution in [2.75, 3.05) is 31.1 Å². The Bertz CT molecular complexity index is 637. The minimum absolute atomic E-state index is 0.453. The lowest BCUT2D eigenvalue weighted by atomic mass is 9.93. The molecule has 122 valence electrons. The number of benzene rings is 1. The Morgan fingerprint density at radius 1 is 0.913 bits per heavy atom. The van der Waals surface area contributed by atoms with Crippen molar-refractivity contribution in [3.8, 4) is 0 Å². The first-order chi connectivity index (χ1) is 11.1. The van der Waals surface area contributed by atoms with Crippen LogP contribution in [0.2, 0.25) is 0 Å². The van der Waals surface area contributed by atoms with Crippen LogP contribution in [0.4, 0.5) is 5.95 Å². The summed E-state index contributed by atoms with van der Waals surface area (Å²) >= 11 is 0. The van der Waals surface area contributed by atoms with Gasteiger partial charge in [0.25, 0.3) is 0 Å². The zero-order valence-electron chi connectivity index (χ0n) is 14.6. The molecule has 0 amide bonds. The summed E-state index contributed by atoms with van der Waals surface area (Å²) in [6.07, 6.45) is 3.63. The van der Waals surface area contributed by atoms with Gasteiger partial charge >= 0.3 is 0 Å². The van der Waals surface area contributed by atoms with Crippen molar-refractivity contribution in [3.05, 3.63) is 52.8 Å². The van der Waals surface area contributed by atoms with Gasteiger partial charge in [-0.15, -0.1) is 0 Å². The Hall–Kier alpha value is -1.94. The van der Waals surface area contributed by atoms with Crippen molar-refractivity contribution >= 4 is 5.95 Å². The lowest BCUT2D eigenvalue weighted by Crippen LogP contribution is -2.47. The number of aromatic nitrogens is 2. The minimum atomic E-state index is 0.453. The van der Waals surface area contributed by atoms with Crippen LogP contribution in [-0.4, -0.2) is 41.0 Å². The molecule has 1 atom stereocenters. The van der Waals surface area contributed by atoms with Gasteiger partial charge in [-0.1, -0.05) is 17.7 Å². The SMILES string of the molecule is Cc1cc(C)c([C@H](C)N2CCN(c3ncccn3)CC2)c(C)c1. The maximum absolute atomic E-state index is 4.36. The van der Waals surface area contributed by atoms with Crippen LogP contribution in [0.5, 0.6) is 0 Å². The predicted molar refractivity (Wildman–Crippen MR) is 94.9 cm³/mol. The van der Waals surface area contributed by atoms with Crippen molar-refractivity contribution in [2.45, 2.75) is 33.7 Å². The molecule has 0 unspecified atom stereocenters. The van der Waals surface area contributed by atoms with Gasteiger partial charge in [0.1, 0.15) is 0 Å². The summed E-state index contributed by atoms with van der Waals surface area (Å²) in [5.74, 6) is 0.850. The third-order valence-electron chi connectivity index (χ3n) is 4.85. The molecule has 1 aliphatic heterocycles. The smallest absolute Gasteiger partial charge is 0.225 e. The van der Waals surface area contributed by atoms with Crippen LogP contribution >= 0.6 is 0 Å². The molecule has 0 radical (unpaired) electrons. The maximum Gasteiger partial charge on any atom is 0.225 e. The first-order valence-electron chi connectivity index (χ1n) is 8.40. The van der Waals surface area contributed by atoms with Gasteiger partial charge in [0.15, 0.2) is 0 Å². The average Bonchev–Trinajstić information content (AvgIpc) is 2.55. The number of rotatable bonds is 3. The maximum atomic E-state index is 4.36. The summed E-state index contributed by atoms with van der Waals surface area (Å²) in [4.78, 5) is 13.6. The third-order valence-corrected chi connectivity index (χ3v) is 4.85. The molecule has 4 nitrogen and oxygen atoms in total. The van der Waals surface area contributed by atoms with Crippen molar-refractivity contribution in [2.24, 2.45) is 0 Å². The first-order valence-corrected chi connectivity index (χ1v) is 8.40. The molecule has 1 saturated heterocycles. The lowest BCUT2D eigenvalue weighted by Gasteiger charge is -2.39. The fourth-order valence-electron chi connectivity index (χ4n) is 3.80. The van der Waals surface area contributed by atoms with E-state index < -0.39 is 0 Å². The second-order valence-corrected chi connectivity index (χ2v) is 6.56. The van der Waals surface area contributed by atoms with Crippen LogP contribution in [-0.2, 0) is 0 Å². The summed E-state index contributed by atoms with van der Waals surface area (Å²) in [6.45, 7) is 13.0. The summed E-state index contributed by atoms with van der Waals surface area (Å²) in [5.41, 5.74) is 5.65. The highest BCUT2D eigenvalue weighted by Gasteiger charge is 2.24. The van der Waals surface area contributed by atoms with Gasteiger partial charge in [-0.2, -0.15) is 0 Å². The van der Waals surface area contributed by atoms with Crippen LogP contribution in [0.3, 0.4) is 0 Å². The molecule has 0 saturated carbocycles. The quantitative estimate of drug-likeness (QED) is 0.871. The van der Waals surface area contributed by atoms with Gasteiger partial charge in [-0.25, -0.2) is 9.97 Å². The van der Waals surface area contributed by atoms with Crippen molar-refractivity contribution in [1.29, 1.82) is 0 Å². The van der Waals surface area contributed by atoms with Gasteiger partial charge in [0, 0.05) is 44.6 Å². The second-order valence-electron chi connectivity index (χ2n) is 6.56. The Morgan fingerprint density at radius 2 is 1.48 bits per heavy atom. The van der Waals surface area contributed by atoms with Gasteiger partial charge in [0.2, 0.25) is 5.95 Å². The predicted octanol–water partition coefficient (Wildman–Crippen LogP) is 3.29. The number of anilines is 1. The van der Waals surface area contributed by atoms with Gasteiger partial charge in [-0.3, -0.25) is 4.90 Å². The molecule has 0 bridgehead atoms. The molecule has 0 spiro atoms. The number of piperazine rings is 1. The highest BCUT2D eigenvalue weighted by Crippen LogP contribution is 2.28. The van der Waals surface area contributed by atoms with Crippen LogP contribution < -0.4 is 4.90 Å². The molecule has 2 heterocycles. The van der Waals surface area contributed by atoms with E-state index in [2.05, 4.69) is 59.6 Å². The second kappa shape index (κ2) is 6.67. The minimum Gasteiger partial charge on any atom is -0.338 e. The van der Waals surface area contributed by atoms with E-state index in [-0.39, 0.29) is 0 Å². The Labute approximate surface area is 139 Å². The largest absolute Gasteiger partial charge is 0.338 e. The van der Waals surface area contributed by atoms with E-state index in [1.54, 1.807) is 0 Å². The molecule has 1 aliphatic rings. The topological polar surface area (TPSA) is 32.3 Å². The zero-order chi connectivity index (χ0) is 16.4. The fourth-order valence-corrected chi connectivity index (χ4v) is 3.80. The number of hydrogen-bond acceptors (Lipinski definition) is 4. The molecule has 1 aromatic carbocycles. The monoisotopic (exact) mass is 310 g/mol. The molecule has 2 aromatic rings. The summed E-state index contributed by atoms with van der Waals surface area (Å²) < 4.78 is 0. The summed E-state index contributed by atoms with van der Waals surface area (Å²) in [6, 6.07) is 6.92. The zero-order valence-corrected chi connectivity index (χ0v) is 14.6. The number of nitrogens with zero attached hydrogens (tertiary/aromatic N) is 4. The Balaban J connectivity index is 1.70. The molecular formula is C19H26N4. The first kappa shape index (κ1) is 15.9. The fraction of sp³-hybridized carbons (Fsp3) is 0.474. The van der Waals surface area contributed by atoms with Crippen LogP contribution in [0, 0.1) is 20.8 Å². The van der Waals surface area contributed by atoms with E-state index in [4.69, 9.17) is 0 Å². The highest BCUT2D eigenvalue weighted by molar-refractivity contribution is 5.39. The van der Waals surface area contributed by atoms with Crippen LogP contribution in [0.25, 0.3) is 0 Å². The average molecular weight is 310 g/mol. The summed E-state index contributed by atoms with van der Waals surface area (Å²) in [5, 5.41) is 0. The van der Waals surface area contributed by atoms with E-state index in [0.29, 0.717) is 6.04 Å². The molecular weight excluding hydrogens is 284 g/mol. The molecule has 23 heavy (non-hydrogen) atoms. The van der Waals surface area contributed by atoms with Gasteiger partial charge < -0.3 is 4.90 Å². The normalized spacial score (nSPS) is 17.3. The van der Waals surface area contributed by atoms with Gasteiger partial charge in [0.05, 0.1) is 0 Å². The third kappa shape index (κ3) is 3.37. The van der Waals surface area contributed by atoms with Crippen LogP contribution in [0.1, 0.15) is 35.2 Å². The molecule has 1 fully saturated rings. The lowest BCUT2D eigenvalue weighted by molar-refractivity contribution is 0.196. The molecule has 0 aliphatic carbocycles. The molecule has 4 heteroatoms. The van der Waals surface area contributed by atoms with Crippen molar-refractivity contribution < 1.29 is 0 Å². The van der Waals surface area contributed by atoms with E-state index in [1.807, 2.05) is 18.5 Å². The van der Waals surface area contributed by atoms with E-state index in [9.17, 15) is 0 Å². The van der Waals surface area contributed by atoms with Crippen LogP contribution in [0.15, 0.2) is 30.6 Å². The van der Waals surface area contributed by atoms with Crippen molar-refractivity contribution in [3.63, 3.8) is 0 Å². The van der Waals surface area contributed by atoms with Crippen molar-refractivity contribution in [1.82, 2.24) is 14.9 Å². The van der Waals surface area contributed by atoms with E-state index in [0.717, 1.165) is 32.1 Å². The number of aryl methyl sites for hydroxylation is 3.